The van der Waals surface area contributed by atoms with Crippen LogP contribution in [0.25, 0.3) is 0 Å². The van der Waals surface area contributed by atoms with E-state index in [1.54, 1.807) is 0 Å². The van der Waals surface area contributed by atoms with Gasteiger partial charge in [-0.1, -0.05) is 44.2 Å². The molecule has 0 spiro atoms. The summed E-state index contributed by atoms with van der Waals surface area (Å²) in [6, 6.07) is 10.5. The van der Waals surface area contributed by atoms with E-state index in [1.807, 2.05) is 6.07 Å². The first-order chi connectivity index (χ1) is 11.7. The maximum atomic E-state index is 8.54. The van der Waals surface area contributed by atoms with Crippen molar-refractivity contribution in [2.45, 2.75) is 25.7 Å². The zero-order valence-corrected chi connectivity index (χ0v) is 15.0. The second-order valence-corrected chi connectivity index (χ2v) is 5.89. The van der Waals surface area contributed by atoms with Crippen molar-refractivity contribution < 1.29 is 24.1 Å². The fourth-order valence-electron chi connectivity index (χ4n) is 2.25. The summed E-state index contributed by atoms with van der Waals surface area (Å²) in [5, 5.41) is 8.54. The Morgan fingerprint density at radius 2 is 1.29 bits per heavy atom. The number of rotatable bonds is 15. The van der Waals surface area contributed by atoms with Crippen LogP contribution in [0.1, 0.15) is 25.8 Å². The van der Waals surface area contributed by atoms with E-state index >= 15 is 0 Å². The van der Waals surface area contributed by atoms with Gasteiger partial charge in [0, 0.05) is 5.41 Å². The highest BCUT2D eigenvalue weighted by Crippen LogP contribution is 2.27. The third-order valence-electron chi connectivity index (χ3n) is 4.02. The standard InChI is InChI=1S/C19H32O5/c1-3-19(2,18-7-5-4-6-8-18)17-24-16-15-23-14-13-22-12-11-21-10-9-20/h4-8,20H,3,9-17H2,1-2H3. The summed E-state index contributed by atoms with van der Waals surface area (Å²) in [5.74, 6) is 0. The Bertz CT molecular complexity index is 398. The Morgan fingerprint density at radius 3 is 1.79 bits per heavy atom. The molecular weight excluding hydrogens is 308 g/mol. The highest BCUT2D eigenvalue weighted by molar-refractivity contribution is 5.24. The van der Waals surface area contributed by atoms with Crippen molar-refractivity contribution >= 4 is 0 Å². The van der Waals surface area contributed by atoms with E-state index < -0.39 is 0 Å². The molecule has 1 N–H and O–H groups in total. The van der Waals surface area contributed by atoms with Crippen LogP contribution in [0.5, 0.6) is 0 Å². The minimum absolute atomic E-state index is 0.0406. The van der Waals surface area contributed by atoms with E-state index in [-0.39, 0.29) is 12.0 Å². The van der Waals surface area contributed by atoms with Gasteiger partial charge in [0.05, 0.1) is 59.5 Å². The molecule has 1 aromatic rings. The van der Waals surface area contributed by atoms with Crippen molar-refractivity contribution in [1.29, 1.82) is 0 Å². The summed E-state index contributed by atoms with van der Waals surface area (Å²) < 4.78 is 21.7. The Hall–Kier alpha value is -0.980. The van der Waals surface area contributed by atoms with E-state index in [0.717, 1.165) is 6.42 Å². The van der Waals surface area contributed by atoms with Gasteiger partial charge in [-0.2, -0.15) is 0 Å². The molecule has 0 saturated heterocycles. The average Bonchev–Trinajstić information content (AvgIpc) is 2.63. The Kier molecular flexibility index (Phi) is 11.7. The van der Waals surface area contributed by atoms with Crippen molar-refractivity contribution in [3.63, 3.8) is 0 Å². The first kappa shape index (κ1) is 21.1. The van der Waals surface area contributed by atoms with Crippen LogP contribution in [-0.4, -0.2) is 64.6 Å². The number of aliphatic hydroxyl groups excluding tert-OH is 1. The fraction of sp³-hybridized carbons (Fsp3) is 0.684. The highest BCUT2D eigenvalue weighted by atomic mass is 16.6. The summed E-state index contributed by atoms with van der Waals surface area (Å²) >= 11 is 0. The largest absolute Gasteiger partial charge is 0.394 e. The molecule has 1 unspecified atom stereocenters. The minimum Gasteiger partial charge on any atom is -0.394 e. The Labute approximate surface area is 145 Å². The summed E-state index contributed by atoms with van der Waals surface area (Å²) in [4.78, 5) is 0. The lowest BCUT2D eigenvalue weighted by Crippen LogP contribution is -2.28. The minimum atomic E-state index is 0.0406. The molecule has 5 heteroatoms. The molecule has 0 radical (unpaired) electrons. The van der Waals surface area contributed by atoms with Gasteiger partial charge in [0.2, 0.25) is 0 Å². The van der Waals surface area contributed by atoms with Crippen LogP contribution in [0.3, 0.4) is 0 Å². The van der Waals surface area contributed by atoms with Crippen LogP contribution in [0, 0.1) is 0 Å². The third-order valence-corrected chi connectivity index (χ3v) is 4.02. The van der Waals surface area contributed by atoms with Crippen LogP contribution in [0.4, 0.5) is 0 Å². The van der Waals surface area contributed by atoms with Crippen molar-refractivity contribution in [2.24, 2.45) is 0 Å². The normalized spacial score (nSPS) is 13.8. The smallest absolute Gasteiger partial charge is 0.0701 e. The van der Waals surface area contributed by atoms with Gasteiger partial charge < -0.3 is 24.1 Å². The van der Waals surface area contributed by atoms with Crippen LogP contribution in [-0.2, 0) is 24.4 Å². The second kappa shape index (κ2) is 13.3. The van der Waals surface area contributed by atoms with E-state index in [1.165, 1.54) is 5.56 Å². The lowest BCUT2D eigenvalue weighted by Gasteiger charge is -2.28. The molecule has 0 aliphatic heterocycles. The molecule has 0 aromatic heterocycles. The van der Waals surface area contributed by atoms with Gasteiger partial charge in [-0.25, -0.2) is 0 Å². The monoisotopic (exact) mass is 340 g/mol. The van der Waals surface area contributed by atoms with Crippen LogP contribution < -0.4 is 0 Å². The first-order valence-electron chi connectivity index (χ1n) is 8.70. The number of hydrogen-bond acceptors (Lipinski definition) is 5. The van der Waals surface area contributed by atoms with E-state index in [0.29, 0.717) is 52.9 Å². The van der Waals surface area contributed by atoms with Crippen LogP contribution >= 0.6 is 0 Å². The predicted octanol–water partition coefficient (Wildman–Crippen LogP) is 2.41. The van der Waals surface area contributed by atoms with Crippen molar-refractivity contribution in [3.05, 3.63) is 35.9 Å². The SMILES string of the molecule is CCC(C)(COCCOCCOCCOCCO)c1ccccc1. The fourth-order valence-corrected chi connectivity index (χ4v) is 2.25. The van der Waals surface area contributed by atoms with Gasteiger partial charge in [-0.05, 0) is 12.0 Å². The molecular formula is C19H32O5. The second-order valence-electron chi connectivity index (χ2n) is 5.89. The van der Waals surface area contributed by atoms with Gasteiger partial charge in [0.1, 0.15) is 0 Å². The van der Waals surface area contributed by atoms with Gasteiger partial charge in [-0.3, -0.25) is 0 Å². The quantitative estimate of drug-likeness (QED) is 0.497. The Balaban J connectivity index is 2.01. The van der Waals surface area contributed by atoms with Crippen molar-refractivity contribution in [1.82, 2.24) is 0 Å². The summed E-state index contributed by atoms with van der Waals surface area (Å²) in [6.45, 7) is 8.78. The van der Waals surface area contributed by atoms with Crippen molar-refractivity contribution in [3.8, 4) is 0 Å². The van der Waals surface area contributed by atoms with E-state index in [9.17, 15) is 0 Å². The zero-order chi connectivity index (χ0) is 17.5. The topological polar surface area (TPSA) is 57.2 Å². The summed E-state index contributed by atoms with van der Waals surface area (Å²) in [5.41, 5.74) is 1.35. The lowest BCUT2D eigenvalue weighted by atomic mass is 9.81. The van der Waals surface area contributed by atoms with Crippen molar-refractivity contribution in [2.75, 3.05) is 59.5 Å². The lowest BCUT2D eigenvalue weighted by molar-refractivity contribution is -0.0106. The number of aliphatic hydroxyl groups is 1. The van der Waals surface area contributed by atoms with E-state index in [4.69, 9.17) is 24.1 Å². The molecule has 5 nitrogen and oxygen atoms in total. The van der Waals surface area contributed by atoms with Gasteiger partial charge >= 0.3 is 0 Å². The molecule has 1 aromatic carbocycles. The van der Waals surface area contributed by atoms with Gasteiger partial charge in [0.15, 0.2) is 0 Å². The Morgan fingerprint density at radius 1 is 0.792 bits per heavy atom. The van der Waals surface area contributed by atoms with Crippen LogP contribution in [0.15, 0.2) is 30.3 Å². The summed E-state index contributed by atoms with van der Waals surface area (Å²) in [6.07, 6.45) is 1.03. The molecule has 138 valence electrons. The molecule has 1 atom stereocenters. The maximum absolute atomic E-state index is 8.54. The zero-order valence-electron chi connectivity index (χ0n) is 15.0. The molecule has 0 bridgehead atoms. The maximum Gasteiger partial charge on any atom is 0.0701 e. The number of hydrogen-bond donors (Lipinski definition) is 1. The average molecular weight is 340 g/mol. The van der Waals surface area contributed by atoms with Crippen LogP contribution in [0.2, 0.25) is 0 Å². The number of benzene rings is 1. The molecule has 0 aliphatic carbocycles. The molecule has 1 rings (SSSR count). The predicted molar refractivity (Wildman–Crippen MR) is 94.4 cm³/mol. The van der Waals surface area contributed by atoms with Gasteiger partial charge in [0.25, 0.3) is 0 Å². The summed E-state index contributed by atoms with van der Waals surface area (Å²) in [7, 11) is 0. The third kappa shape index (κ3) is 8.76. The highest BCUT2D eigenvalue weighted by Gasteiger charge is 2.24. The molecule has 0 saturated carbocycles. The van der Waals surface area contributed by atoms with Gasteiger partial charge in [-0.15, -0.1) is 0 Å². The molecule has 0 heterocycles. The molecule has 24 heavy (non-hydrogen) atoms. The first-order valence-corrected chi connectivity index (χ1v) is 8.70. The molecule has 0 fully saturated rings. The number of ether oxygens (including phenoxy) is 4. The van der Waals surface area contributed by atoms with E-state index in [2.05, 4.69) is 38.1 Å². The molecule has 0 amide bonds. The molecule has 0 aliphatic rings.